The zero-order valence-electron chi connectivity index (χ0n) is 16.4. The Bertz CT molecular complexity index is 997. The number of nitrogens with zero attached hydrogens (tertiary/aromatic N) is 2. The Hall–Kier alpha value is -2.86. The van der Waals surface area contributed by atoms with E-state index in [0.717, 1.165) is 27.9 Å². The number of hydrogen-bond acceptors (Lipinski definition) is 6. The molecule has 0 spiro atoms. The number of pyridine rings is 1. The molecule has 1 fully saturated rings. The summed E-state index contributed by atoms with van der Waals surface area (Å²) >= 11 is 0. The summed E-state index contributed by atoms with van der Waals surface area (Å²) in [5.41, 5.74) is 4.53. The average Bonchev–Trinajstić information content (AvgIpc) is 3.25. The van der Waals surface area contributed by atoms with Crippen molar-refractivity contribution in [2.24, 2.45) is 0 Å². The zero-order valence-corrected chi connectivity index (χ0v) is 16.4. The van der Waals surface area contributed by atoms with Crippen LogP contribution in [0.2, 0.25) is 0 Å². The topological polar surface area (TPSA) is 64.8 Å². The molecule has 4 rings (SSSR count). The van der Waals surface area contributed by atoms with Gasteiger partial charge in [-0.15, -0.1) is 0 Å². The predicted octanol–water partition coefficient (Wildman–Crippen LogP) is 4.20. The first-order valence-electron chi connectivity index (χ1n) is 9.56. The molecule has 3 heterocycles. The van der Waals surface area contributed by atoms with Gasteiger partial charge in [-0.2, -0.15) is 0 Å². The van der Waals surface area contributed by atoms with Gasteiger partial charge in [0.1, 0.15) is 17.4 Å². The first kappa shape index (κ1) is 18.5. The number of carbonyl (C=O) groups is 1. The third kappa shape index (κ3) is 3.24. The summed E-state index contributed by atoms with van der Waals surface area (Å²) in [5, 5.41) is 0.953. The molecular formula is C22H24N2O4. The molecule has 0 saturated carbocycles. The van der Waals surface area contributed by atoms with Crippen molar-refractivity contribution in [3.8, 4) is 0 Å². The van der Waals surface area contributed by atoms with Gasteiger partial charge in [0, 0.05) is 18.1 Å². The molecule has 0 bridgehead atoms. The van der Waals surface area contributed by atoms with E-state index in [9.17, 15) is 4.79 Å². The van der Waals surface area contributed by atoms with E-state index < -0.39 is 0 Å². The molecule has 146 valence electrons. The number of esters is 1. The molecule has 6 nitrogen and oxygen atoms in total. The molecule has 1 aromatic carbocycles. The maximum absolute atomic E-state index is 12.7. The van der Waals surface area contributed by atoms with Crippen LogP contribution in [0.1, 0.15) is 40.3 Å². The maximum atomic E-state index is 12.7. The van der Waals surface area contributed by atoms with Gasteiger partial charge in [-0.25, -0.2) is 4.79 Å². The van der Waals surface area contributed by atoms with Crippen molar-refractivity contribution in [3.05, 3.63) is 59.2 Å². The minimum Gasteiger partial charge on any atom is -0.467 e. The number of anilines is 1. The summed E-state index contributed by atoms with van der Waals surface area (Å²) in [6, 6.07) is 7.89. The minimum atomic E-state index is -0.355. The minimum absolute atomic E-state index is 0.187. The van der Waals surface area contributed by atoms with Crippen molar-refractivity contribution in [3.63, 3.8) is 0 Å². The number of ether oxygens (including phenoxy) is 2. The number of carbonyl (C=O) groups excluding carboxylic acids is 1. The molecule has 1 unspecified atom stereocenters. The van der Waals surface area contributed by atoms with E-state index in [4.69, 9.17) is 13.9 Å². The van der Waals surface area contributed by atoms with Crippen LogP contribution in [0.5, 0.6) is 0 Å². The van der Waals surface area contributed by atoms with Crippen LogP contribution in [-0.4, -0.2) is 37.3 Å². The third-order valence-corrected chi connectivity index (χ3v) is 5.27. The summed E-state index contributed by atoms with van der Waals surface area (Å²) in [5.74, 6) is 0.430. The molecule has 1 saturated heterocycles. The lowest BCUT2D eigenvalue weighted by Gasteiger charge is -2.35. The highest BCUT2D eigenvalue weighted by molar-refractivity contribution is 6.06. The van der Waals surface area contributed by atoms with E-state index in [0.29, 0.717) is 31.9 Å². The molecule has 1 aliphatic rings. The van der Waals surface area contributed by atoms with Crippen LogP contribution < -0.4 is 4.90 Å². The van der Waals surface area contributed by atoms with E-state index in [1.54, 1.807) is 19.4 Å². The molecule has 0 amide bonds. The van der Waals surface area contributed by atoms with Gasteiger partial charge in [-0.1, -0.05) is 12.1 Å². The standard InChI is InChI=1S/C22H24N2O4/c1-4-26-22(25)17-12-23-20-15(3)14(2)7-8-16(20)21(17)24-9-11-28-19(13-24)18-6-5-10-27-18/h5-8,10,12,19H,4,9,11,13H2,1-3H3. The van der Waals surface area contributed by atoms with Crippen LogP contribution >= 0.6 is 0 Å². The lowest BCUT2D eigenvalue weighted by atomic mass is 10.0. The fraction of sp³-hybridized carbons (Fsp3) is 0.364. The maximum Gasteiger partial charge on any atom is 0.341 e. The predicted molar refractivity (Wildman–Crippen MR) is 107 cm³/mol. The quantitative estimate of drug-likeness (QED) is 0.632. The van der Waals surface area contributed by atoms with Crippen molar-refractivity contribution >= 4 is 22.6 Å². The van der Waals surface area contributed by atoms with Gasteiger partial charge < -0.3 is 18.8 Å². The Labute approximate surface area is 164 Å². The first-order valence-corrected chi connectivity index (χ1v) is 9.56. The monoisotopic (exact) mass is 380 g/mol. The van der Waals surface area contributed by atoms with Gasteiger partial charge >= 0.3 is 5.97 Å². The lowest BCUT2D eigenvalue weighted by Crippen LogP contribution is -2.39. The number of aryl methyl sites for hydroxylation is 2. The SMILES string of the molecule is CCOC(=O)c1cnc2c(C)c(C)ccc2c1N1CCOC(c2ccco2)C1. The molecule has 1 atom stereocenters. The molecule has 3 aromatic rings. The van der Waals surface area contributed by atoms with Crippen molar-refractivity contribution in [1.29, 1.82) is 0 Å². The molecule has 0 N–H and O–H groups in total. The number of furan rings is 1. The van der Waals surface area contributed by atoms with Crippen molar-refractivity contribution < 1.29 is 18.7 Å². The van der Waals surface area contributed by atoms with E-state index >= 15 is 0 Å². The summed E-state index contributed by atoms with van der Waals surface area (Å²) in [6.07, 6.45) is 3.10. The van der Waals surface area contributed by atoms with Gasteiger partial charge in [0.05, 0.1) is 37.2 Å². The highest BCUT2D eigenvalue weighted by Gasteiger charge is 2.29. The largest absolute Gasteiger partial charge is 0.467 e. The lowest BCUT2D eigenvalue weighted by molar-refractivity contribution is 0.0256. The Morgan fingerprint density at radius 1 is 1.32 bits per heavy atom. The third-order valence-electron chi connectivity index (χ3n) is 5.27. The Morgan fingerprint density at radius 3 is 2.93 bits per heavy atom. The van der Waals surface area contributed by atoms with Gasteiger partial charge in [0.25, 0.3) is 0 Å². The van der Waals surface area contributed by atoms with Crippen molar-refractivity contribution in [2.45, 2.75) is 26.9 Å². The molecule has 2 aromatic heterocycles. The molecule has 0 aliphatic carbocycles. The first-order chi connectivity index (χ1) is 13.6. The van der Waals surface area contributed by atoms with Crippen LogP contribution in [-0.2, 0) is 9.47 Å². The normalized spacial score (nSPS) is 17.1. The fourth-order valence-electron chi connectivity index (χ4n) is 3.69. The average molecular weight is 380 g/mol. The van der Waals surface area contributed by atoms with Crippen LogP contribution in [0.3, 0.4) is 0 Å². The Balaban J connectivity index is 1.83. The number of morpholine rings is 1. The Kier molecular flexibility index (Phi) is 5.05. The Morgan fingerprint density at radius 2 is 2.18 bits per heavy atom. The van der Waals surface area contributed by atoms with E-state index in [2.05, 4.69) is 29.8 Å². The van der Waals surface area contributed by atoms with E-state index in [1.165, 1.54) is 5.56 Å². The summed E-state index contributed by atoms with van der Waals surface area (Å²) in [6.45, 7) is 8.06. The smallest absolute Gasteiger partial charge is 0.341 e. The van der Waals surface area contributed by atoms with E-state index in [1.807, 2.05) is 18.2 Å². The van der Waals surface area contributed by atoms with Crippen LogP contribution in [0.25, 0.3) is 10.9 Å². The zero-order chi connectivity index (χ0) is 19.7. The second-order valence-electron chi connectivity index (χ2n) is 6.97. The molecule has 1 aliphatic heterocycles. The summed E-state index contributed by atoms with van der Waals surface area (Å²) < 4.78 is 16.8. The van der Waals surface area contributed by atoms with Crippen molar-refractivity contribution in [2.75, 3.05) is 31.2 Å². The number of aromatic nitrogens is 1. The molecule has 6 heteroatoms. The van der Waals surface area contributed by atoms with Gasteiger partial charge in [0.2, 0.25) is 0 Å². The molecular weight excluding hydrogens is 356 g/mol. The number of hydrogen-bond donors (Lipinski definition) is 0. The second kappa shape index (κ2) is 7.64. The van der Waals surface area contributed by atoms with Gasteiger partial charge in [0.15, 0.2) is 0 Å². The van der Waals surface area contributed by atoms with E-state index in [-0.39, 0.29) is 12.1 Å². The highest BCUT2D eigenvalue weighted by atomic mass is 16.5. The number of benzene rings is 1. The van der Waals surface area contributed by atoms with Crippen LogP contribution in [0, 0.1) is 13.8 Å². The van der Waals surface area contributed by atoms with Gasteiger partial charge in [-0.3, -0.25) is 4.98 Å². The molecule has 28 heavy (non-hydrogen) atoms. The van der Waals surface area contributed by atoms with Crippen LogP contribution in [0.15, 0.2) is 41.1 Å². The molecule has 0 radical (unpaired) electrons. The van der Waals surface area contributed by atoms with Crippen molar-refractivity contribution in [1.82, 2.24) is 4.98 Å². The number of fused-ring (bicyclic) bond motifs is 1. The van der Waals surface area contributed by atoms with Gasteiger partial charge in [-0.05, 0) is 44.0 Å². The number of rotatable bonds is 4. The fourth-order valence-corrected chi connectivity index (χ4v) is 3.69. The summed E-state index contributed by atoms with van der Waals surface area (Å²) in [4.78, 5) is 19.4. The van der Waals surface area contributed by atoms with Crippen LogP contribution in [0.4, 0.5) is 5.69 Å². The highest BCUT2D eigenvalue weighted by Crippen LogP contribution is 2.35. The second-order valence-corrected chi connectivity index (χ2v) is 6.97. The summed E-state index contributed by atoms with van der Waals surface area (Å²) in [7, 11) is 0.